The maximum Gasteiger partial charge on any atom is 0.407 e. The molecule has 1 aromatic rings. The Morgan fingerprint density at radius 2 is 1.86 bits per heavy atom. The molecular formula is C18H29NO2S. The highest BCUT2D eigenvalue weighted by Gasteiger charge is 2.22. The molecular weight excluding hydrogens is 294 g/mol. The third kappa shape index (κ3) is 6.73. The zero-order valence-electron chi connectivity index (χ0n) is 14.3. The number of hydrogen-bond acceptors (Lipinski definition) is 3. The molecule has 0 heterocycles. The van der Waals surface area contributed by atoms with Crippen molar-refractivity contribution in [2.24, 2.45) is 0 Å². The monoisotopic (exact) mass is 323 g/mol. The van der Waals surface area contributed by atoms with Gasteiger partial charge in [-0.1, -0.05) is 50.5 Å². The zero-order chi connectivity index (χ0) is 16.4. The number of amides is 1. The molecule has 124 valence electrons. The average Bonchev–Trinajstić information content (AvgIpc) is 2.50. The van der Waals surface area contributed by atoms with Crippen molar-refractivity contribution in [3.8, 4) is 0 Å². The number of ether oxygens (including phenoxy) is 1. The van der Waals surface area contributed by atoms with E-state index in [0.717, 1.165) is 11.3 Å². The first-order valence-electron chi connectivity index (χ1n) is 8.03. The lowest BCUT2D eigenvalue weighted by Crippen LogP contribution is -2.40. The first-order chi connectivity index (χ1) is 10.5. The fourth-order valence-corrected chi connectivity index (χ4v) is 3.20. The van der Waals surface area contributed by atoms with E-state index in [1.165, 1.54) is 44.1 Å². The SMILES string of the molecule is CCCCCCSCc1ccc(C(C)(C)NC(=O)OC)cc1. The average molecular weight is 324 g/mol. The van der Waals surface area contributed by atoms with Crippen LogP contribution in [0.25, 0.3) is 0 Å². The predicted octanol–water partition coefficient (Wildman–Crippen LogP) is 5.09. The van der Waals surface area contributed by atoms with E-state index in [9.17, 15) is 4.79 Å². The molecule has 0 saturated heterocycles. The standard InChI is InChI=1S/C18H29NO2S/c1-5-6-7-8-13-22-14-15-9-11-16(12-10-15)18(2,3)19-17(20)21-4/h9-12H,5-8,13-14H2,1-4H3,(H,19,20). The second-order valence-electron chi connectivity index (χ2n) is 6.05. The van der Waals surface area contributed by atoms with Crippen LogP contribution in [0.5, 0.6) is 0 Å². The molecule has 0 aromatic heterocycles. The van der Waals surface area contributed by atoms with Gasteiger partial charge in [0, 0.05) is 5.75 Å². The van der Waals surface area contributed by atoms with Crippen LogP contribution in [0.4, 0.5) is 4.79 Å². The molecule has 22 heavy (non-hydrogen) atoms. The molecule has 1 aromatic carbocycles. The van der Waals surface area contributed by atoms with E-state index in [2.05, 4.69) is 41.2 Å². The van der Waals surface area contributed by atoms with Gasteiger partial charge in [0.05, 0.1) is 12.6 Å². The van der Waals surface area contributed by atoms with E-state index in [1.54, 1.807) is 0 Å². The number of thioether (sulfide) groups is 1. The van der Waals surface area contributed by atoms with Gasteiger partial charge in [0.15, 0.2) is 0 Å². The van der Waals surface area contributed by atoms with Crippen LogP contribution in [0.1, 0.15) is 57.6 Å². The summed E-state index contributed by atoms with van der Waals surface area (Å²) in [5.74, 6) is 2.29. The lowest BCUT2D eigenvalue weighted by molar-refractivity contribution is 0.159. The van der Waals surface area contributed by atoms with Crippen molar-refractivity contribution in [3.05, 3.63) is 35.4 Å². The van der Waals surface area contributed by atoms with Crippen LogP contribution in [0, 0.1) is 0 Å². The molecule has 0 unspecified atom stereocenters. The molecule has 4 heteroatoms. The normalized spacial score (nSPS) is 11.3. The number of unbranched alkanes of at least 4 members (excludes halogenated alkanes) is 3. The molecule has 1 N–H and O–H groups in total. The van der Waals surface area contributed by atoms with Crippen molar-refractivity contribution < 1.29 is 9.53 Å². The fraction of sp³-hybridized carbons (Fsp3) is 0.611. The third-order valence-corrected chi connectivity index (χ3v) is 4.80. The third-order valence-electron chi connectivity index (χ3n) is 3.69. The number of nitrogens with one attached hydrogen (secondary N) is 1. The Hall–Kier alpha value is -1.16. The molecule has 1 amide bonds. The van der Waals surface area contributed by atoms with Gasteiger partial charge >= 0.3 is 6.09 Å². The second-order valence-corrected chi connectivity index (χ2v) is 7.16. The highest BCUT2D eigenvalue weighted by atomic mass is 32.2. The lowest BCUT2D eigenvalue weighted by Gasteiger charge is -2.26. The highest BCUT2D eigenvalue weighted by Crippen LogP contribution is 2.22. The Kier molecular flexibility index (Phi) is 8.39. The molecule has 0 saturated carbocycles. The molecule has 0 spiro atoms. The first kappa shape index (κ1) is 18.9. The van der Waals surface area contributed by atoms with Crippen LogP contribution in [0.2, 0.25) is 0 Å². The van der Waals surface area contributed by atoms with E-state index >= 15 is 0 Å². The number of benzene rings is 1. The van der Waals surface area contributed by atoms with Crippen molar-refractivity contribution in [1.82, 2.24) is 5.32 Å². The van der Waals surface area contributed by atoms with E-state index < -0.39 is 11.6 Å². The zero-order valence-corrected chi connectivity index (χ0v) is 15.1. The van der Waals surface area contributed by atoms with Gasteiger partial charge in [-0.25, -0.2) is 4.79 Å². The van der Waals surface area contributed by atoms with Gasteiger partial charge in [-0.15, -0.1) is 0 Å². The molecule has 0 aliphatic rings. The van der Waals surface area contributed by atoms with E-state index in [0.29, 0.717) is 0 Å². The number of carbonyl (C=O) groups excluding carboxylic acids is 1. The van der Waals surface area contributed by atoms with E-state index in [1.807, 2.05) is 25.6 Å². The van der Waals surface area contributed by atoms with Crippen LogP contribution < -0.4 is 5.32 Å². The van der Waals surface area contributed by atoms with Gasteiger partial charge in [0.1, 0.15) is 0 Å². The van der Waals surface area contributed by atoms with Gasteiger partial charge in [-0.3, -0.25) is 0 Å². The van der Waals surface area contributed by atoms with Crippen molar-refractivity contribution in [2.75, 3.05) is 12.9 Å². The highest BCUT2D eigenvalue weighted by molar-refractivity contribution is 7.98. The Labute approximate surface area is 139 Å². The summed E-state index contributed by atoms with van der Waals surface area (Å²) in [6, 6.07) is 8.47. The summed E-state index contributed by atoms with van der Waals surface area (Å²) in [5, 5.41) is 2.85. The Morgan fingerprint density at radius 3 is 2.45 bits per heavy atom. The molecule has 3 nitrogen and oxygen atoms in total. The van der Waals surface area contributed by atoms with Crippen LogP contribution in [0.15, 0.2) is 24.3 Å². The van der Waals surface area contributed by atoms with Crippen molar-refractivity contribution in [2.45, 2.75) is 57.7 Å². The van der Waals surface area contributed by atoms with Gasteiger partial charge in [0.25, 0.3) is 0 Å². The number of carbonyl (C=O) groups is 1. The Balaban J connectivity index is 2.43. The summed E-state index contributed by atoms with van der Waals surface area (Å²) in [7, 11) is 1.38. The number of alkyl carbamates (subject to hydrolysis) is 1. The van der Waals surface area contributed by atoms with Gasteiger partial charge in [0.2, 0.25) is 0 Å². The minimum absolute atomic E-state index is 0.406. The van der Waals surface area contributed by atoms with Crippen LogP contribution in [-0.2, 0) is 16.0 Å². The van der Waals surface area contributed by atoms with E-state index in [-0.39, 0.29) is 0 Å². The van der Waals surface area contributed by atoms with Crippen LogP contribution in [-0.4, -0.2) is 19.0 Å². The van der Waals surface area contributed by atoms with E-state index in [4.69, 9.17) is 0 Å². The summed E-state index contributed by atoms with van der Waals surface area (Å²) >= 11 is 1.99. The molecule has 0 atom stereocenters. The summed E-state index contributed by atoms with van der Waals surface area (Å²) in [5.41, 5.74) is 1.98. The summed E-state index contributed by atoms with van der Waals surface area (Å²) < 4.78 is 4.67. The van der Waals surface area contributed by atoms with Crippen molar-refractivity contribution in [1.29, 1.82) is 0 Å². The first-order valence-corrected chi connectivity index (χ1v) is 9.18. The smallest absolute Gasteiger partial charge is 0.407 e. The Morgan fingerprint density at radius 1 is 1.18 bits per heavy atom. The maximum atomic E-state index is 11.4. The molecule has 0 radical (unpaired) electrons. The lowest BCUT2D eigenvalue weighted by atomic mass is 9.94. The minimum atomic E-state index is -0.432. The van der Waals surface area contributed by atoms with Gasteiger partial charge < -0.3 is 10.1 Å². The molecule has 0 bridgehead atoms. The van der Waals surface area contributed by atoms with Crippen molar-refractivity contribution >= 4 is 17.9 Å². The molecule has 0 fully saturated rings. The molecule has 0 aliphatic carbocycles. The largest absolute Gasteiger partial charge is 0.453 e. The number of methoxy groups -OCH3 is 1. The molecule has 0 aliphatic heterocycles. The second kappa shape index (κ2) is 9.78. The number of hydrogen-bond donors (Lipinski definition) is 1. The van der Waals surface area contributed by atoms with Crippen LogP contribution >= 0.6 is 11.8 Å². The minimum Gasteiger partial charge on any atom is -0.453 e. The quantitative estimate of drug-likeness (QED) is 0.643. The molecule has 1 rings (SSSR count). The number of rotatable bonds is 9. The van der Waals surface area contributed by atoms with Crippen molar-refractivity contribution in [3.63, 3.8) is 0 Å². The van der Waals surface area contributed by atoms with Crippen LogP contribution in [0.3, 0.4) is 0 Å². The summed E-state index contributed by atoms with van der Waals surface area (Å²) in [6.07, 6.45) is 4.89. The topological polar surface area (TPSA) is 38.3 Å². The Bertz CT molecular complexity index is 443. The maximum absolute atomic E-state index is 11.4. The fourth-order valence-electron chi connectivity index (χ4n) is 2.22. The van der Waals surface area contributed by atoms with Gasteiger partial charge in [-0.05, 0) is 37.1 Å². The summed E-state index contributed by atoms with van der Waals surface area (Å²) in [6.45, 7) is 6.19. The predicted molar refractivity (Wildman–Crippen MR) is 95.3 cm³/mol. The van der Waals surface area contributed by atoms with Gasteiger partial charge in [-0.2, -0.15) is 11.8 Å². The summed E-state index contributed by atoms with van der Waals surface area (Å²) in [4.78, 5) is 11.4.